The van der Waals surface area contributed by atoms with E-state index in [1.165, 1.54) is 35.6 Å². The molecule has 0 aromatic carbocycles. The molecule has 2 rings (SSSR count). The van der Waals surface area contributed by atoms with Crippen LogP contribution in [0.5, 0.6) is 0 Å². The van der Waals surface area contributed by atoms with Crippen molar-refractivity contribution in [2.45, 2.75) is 340 Å². The number of amides is 6. The monoisotopic (exact) mass is 1800 g/mol. The summed E-state index contributed by atoms with van der Waals surface area (Å²) in [6.07, 6.45) is -0.889. The van der Waals surface area contributed by atoms with Gasteiger partial charge >= 0.3 is 48.0 Å². The quantitative estimate of drug-likeness (QED) is 0.00972. The maximum atomic E-state index is 13.8. The average molecular weight is 1800 g/mol. The summed E-state index contributed by atoms with van der Waals surface area (Å²) in [5.74, 6) is -4.48. The van der Waals surface area contributed by atoms with Crippen LogP contribution in [0.2, 0.25) is 51.4 Å². The molecule has 4 N–H and O–H groups in total. The fourth-order valence-corrected chi connectivity index (χ4v) is 14.5. The maximum absolute atomic E-state index is 13.8. The number of likely N-dealkylation sites (tertiary alicyclic amines) is 2. The highest BCUT2D eigenvalue weighted by Gasteiger charge is 2.45. The molecule has 15 atom stereocenters. The molecule has 0 radical (unpaired) electrons. The van der Waals surface area contributed by atoms with Crippen LogP contribution in [0.3, 0.4) is 0 Å². The van der Waals surface area contributed by atoms with Crippen molar-refractivity contribution >= 4 is 128 Å². The number of carbonyl (C=O) groups excluding carboxylic acids is 12. The summed E-state index contributed by atoms with van der Waals surface area (Å²) in [6, 6.07) is -5.20. The molecule has 2 heterocycles. The van der Waals surface area contributed by atoms with E-state index in [0.29, 0.717) is 76.2 Å². The number of rotatable bonds is 42. The molecule has 2 unspecified atom stereocenters. The number of nitrogens with two attached hydrogens (primary N) is 1. The maximum Gasteiger partial charge on any atom is 0.408 e. The van der Waals surface area contributed by atoms with Crippen LogP contribution >= 0.6 is 40.3 Å². The lowest BCUT2D eigenvalue weighted by Crippen LogP contribution is -2.56. The van der Waals surface area contributed by atoms with Crippen LogP contribution in [-0.2, 0) is 95.1 Å². The Bertz CT molecular complexity index is 2920. The summed E-state index contributed by atoms with van der Waals surface area (Å²) in [4.78, 5) is 163. The minimum absolute atomic E-state index is 0.00663. The van der Waals surface area contributed by atoms with E-state index in [2.05, 4.69) is 89.1 Å². The van der Waals surface area contributed by atoms with Gasteiger partial charge in [-0.05, 0) is 169 Å². The number of ether oxygens (including phenoxy) is 9. The minimum Gasteiger partial charge on any atom is -0.458 e. The van der Waals surface area contributed by atoms with Gasteiger partial charge in [-0.15, -0.1) is 23.2 Å². The number of carbonyl (C=O) groups is 12. The summed E-state index contributed by atoms with van der Waals surface area (Å²) >= 11 is 9.53. The van der Waals surface area contributed by atoms with Gasteiger partial charge in [0, 0.05) is 74.8 Å². The van der Waals surface area contributed by atoms with E-state index in [-0.39, 0.29) is 97.3 Å². The van der Waals surface area contributed by atoms with Crippen LogP contribution in [0.1, 0.15) is 217 Å². The Hall–Kier alpha value is -5.08. The number of nitrogens with zero attached hydrogens (tertiary/aromatic N) is 4. The van der Waals surface area contributed by atoms with E-state index < -0.39 is 144 Å². The van der Waals surface area contributed by atoms with E-state index in [1.54, 1.807) is 76.3 Å². The van der Waals surface area contributed by atoms with Crippen LogP contribution in [0.25, 0.3) is 0 Å². The third-order valence-corrected chi connectivity index (χ3v) is 23.2. The summed E-state index contributed by atoms with van der Waals surface area (Å²) in [5, 5.41) is 5.13. The van der Waals surface area contributed by atoms with Gasteiger partial charge in [0.15, 0.2) is 25.7 Å². The van der Waals surface area contributed by atoms with Crippen LogP contribution in [0.15, 0.2) is 0 Å². The number of halogens is 3. The van der Waals surface area contributed by atoms with Crippen molar-refractivity contribution in [2.24, 2.45) is 59.0 Å². The first-order valence-corrected chi connectivity index (χ1v) is 52.8. The SMILES string of the molecule is CC(C)C[C@H](C)C(=O)N1CCC[C@H]1C(=O)N(C)[C@@H](CC(C)C)C(=O)O[C@H](C)[C@H](NC(=O)OC(C)(C)C)C(=O)OCOCC[Si](C)(C)C.CC(C)C[C@H](N)C(=O)N1CCC[C@H]1C(=O)N(C)[C@@H](CC(C)C)C(=O)O[C@H](C)[C@H](NC(=O)OC(C)(C)C)C(=O)OCOCC[Si](C)(C)C.CC(C)[C@H](OC(=O)C[C@H](C)[C@H](C)C(C)C)C(=O)OP(F)P.ClCCl. The molecule has 2 saturated heterocycles. The van der Waals surface area contributed by atoms with E-state index in [9.17, 15) is 61.7 Å². The van der Waals surface area contributed by atoms with Crippen LogP contribution in [-0.4, -0.2) is 239 Å². The van der Waals surface area contributed by atoms with Crippen molar-refractivity contribution in [1.29, 1.82) is 0 Å². The van der Waals surface area contributed by atoms with Gasteiger partial charge in [-0.2, -0.15) is 4.20 Å². The second-order valence-corrected chi connectivity index (χ2v) is 51.7. The third-order valence-electron chi connectivity index (χ3n) is 19.2. The predicted molar refractivity (Wildman–Crippen MR) is 468 cm³/mol. The highest BCUT2D eigenvalue weighted by atomic mass is 35.5. The zero-order chi connectivity index (χ0) is 92.0. The smallest absolute Gasteiger partial charge is 0.408 e. The number of likely N-dealkylation sites (N-methyl/N-ethyl adjacent to an activating group) is 2. The molecular formula is C82H154Cl2FN7O22P2Si2. The zero-order valence-corrected chi connectivity index (χ0v) is 82.8. The third kappa shape index (κ3) is 48.1. The fraction of sp³-hybridized carbons (Fsp3) is 0.854. The highest BCUT2D eigenvalue weighted by molar-refractivity contribution is 8.08. The molecule has 0 aromatic rings. The fourth-order valence-electron chi connectivity index (χ4n) is 12.4. The summed E-state index contributed by atoms with van der Waals surface area (Å²) in [7, 11) is -0.245. The molecule has 0 saturated carbocycles. The highest BCUT2D eigenvalue weighted by Crippen LogP contribution is 2.47. The van der Waals surface area contributed by atoms with Crippen LogP contribution in [0, 0.1) is 53.3 Å². The summed E-state index contributed by atoms with van der Waals surface area (Å²) < 4.78 is 66.2. The Morgan fingerprint density at radius 2 is 0.890 bits per heavy atom. The molecule has 0 aromatic heterocycles. The molecule has 29 nitrogen and oxygen atoms in total. The van der Waals surface area contributed by atoms with Crippen molar-refractivity contribution in [3.05, 3.63) is 0 Å². The second kappa shape index (κ2) is 55.9. The first-order valence-electron chi connectivity index (χ1n) is 41.6. The first-order chi connectivity index (χ1) is 54.0. The van der Waals surface area contributed by atoms with Crippen LogP contribution in [0.4, 0.5) is 13.8 Å². The van der Waals surface area contributed by atoms with Crippen molar-refractivity contribution in [1.82, 2.24) is 30.2 Å². The number of hydrogen-bond donors (Lipinski definition) is 3. The Morgan fingerprint density at radius 1 is 0.534 bits per heavy atom. The molecule has 0 spiro atoms. The van der Waals surface area contributed by atoms with Crippen molar-refractivity contribution in [2.75, 3.05) is 59.3 Å². The second-order valence-electron chi connectivity index (χ2n) is 37.7. The molecule has 2 aliphatic heterocycles. The Kier molecular flexibility index (Phi) is 54.5. The normalized spacial score (nSPS) is 17.5. The Morgan fingerprint density at radius 3 is 1.20 bits per heavy atom. The zero-order valence-electron chi connectivity index (χ0n) is 77.2. The molecule has 0 aliphatic carbocycles. The molecule has 2 aliphatic rings. The molecular weight excluding hydrogens is 1640 g/mol. The van der Waals surface area contributed by atoms with Gasteiger partial charge in [-0.25, -0.2) is 33.6 Å². The first kappa shape index (κ1) is 115. The number of nitrogens with one attached hydrogen (secondary N) is 2. The largest absolute Gasteiger partial charge is 0.458 e. The number of alkyl carbamates (subject to hydrolysis) is 2. The number of hydrogen-bond acceptors (Lipinski definition) is 23. The van der Waals surface area contributed by atoms with Gasteiger partial charge in [0.25, 0.3) is 8.15 Å². The Labute approximate surface area is 721 Å². The number of alkyl halides is 2. The van der Waals surface area contributed by atoms with E-state index >= 15 is 0 Å². The van der Waals surface area contributed by atoms with Crippen LogP contribution < -0.4 is 16.4 Å². The van der Waals surface area contributed by atoms with Crippen molar-refractivity contribution < 1.29 is 109 Å². The summed E-state index contributed by atoms with van der Waals surface area (Å²) in [6.45, 7) is 56.6. The van der Waals surface area contributed by atoms with Gasteiger partial charge in [-0.1, -0.05) is 143 Å². The molecule has 688 valence electrons. The molecule has 0 bridgehead atoms. The lowest BCUT2D eigenvalue weighted by Gasteiger charge is -2.34. The van der Waals surface area contributed by atoms with Gasteiger partial charge in [0.05, 0.1) is 11.4 Å². The van der Waals surface area contributed by atoms with Crippen molar-refractivity contribution in [3.8, 4) is 0 Å². The minimum atomic E-state index is -2.38. The molecule has 6 amide bonds. The molecule has 118 heavy (non-hydrogen) atoms. The lowest BCUT2D eigenvalue weighted by atomic mass is 9.84. The average Bonchev–Trinajstić information content (AvgIpc) is 1.61. The van der Waals surface area contributed by atoms with Gasteiger partial charge in [-0.3, -0.25) is 24.0 Å². The van der Waals surface area contributed by atoms with E-state index in [1.807, 2.05) is 55.4 Å². The summed E-state index contributed by atoms with van der Waals surface area (Å²) in [5.41, 5.74) is 4.48. The van der Waals surface area contributed by atoms with E-state index in [0.717, 1.165) is 18.5 Å². The molecule has 36 heteroatoms. The standard InChI is InChI=1S/C34H63N3O9Si.C33H62N4O9Si.C14H27FO4P2.CH2Cl2/c1-22(2)19-24(5)29(38)37-16-14-15-26(37)30(39)36(10)27(20-23(3)4)31(40)45-25(6)28(35-33(42)46-34(7,8)9)32(41)44-21-43-17-18-47(11,12)13;1-21(2)18-24(34)28(38)37-15-13-14-25(37)29(39)36(9)26(19-22(3)4)30(40)45-23(5)27(35-32(42)46-33(6,7)8)31(41)44-20-43-16-17-47(10,11)12;1-8(2)11(6)10(5)7-12(16)18-13(9(3)4)14(17)19-21(15)20;2-1-3/h22-28H,14-21H2,1-13H3,(H,35,42);21-27H,13-20,34H2,1-12H3,(H,35,42);8-11,13H,7,20H2,1-6H3;1H2/t24-,25+,26-,27-,28-;23-,24+,25+,26+,27+;10-,11+,13-,21?;/m010./s1. The van der Waals surface area contributed by atoms with Crippen molar-refractivity contribution in [3.63, 3.8) is 0 Å². The Balaban J connectivity index is 0. The van der Waals surface area contributed by atoms with Gasteiger partial charge in [0.1, 0.15) is 47.6 Å². The predicted octanol–water partition coefficient (Wildman–Crippen LogP) is 15.0. The molecule has 2 fully saturated rings. The lowest BCUT2D eigenvalue weighted by molar-refractivity contribution is -0.170. The topological polar surface area (TPSA) is 360 Å². The van der Waals surface area contributed by atoms with Gasteiger partial charge in [0.2, 0.25) is 29.7 Å². The van der Waals surface area contributed by atoms with E-state index in [4.69, 9.17) is 71.6 Å². The van der Waals surface area contributed by atoms with Gasteiger partial charge < -0.3 is 83.1 Å². The number of esters is 5.